The van der Waals surface area contributed by atoms with Gasteiger partial charge in [0.05, 0.1) is 21.1 Å². The van der Waals surface area contributed by atoms with Gasteiger partial charge in [0, 0.05) is 37.1 Å². The molecule has 1 heterocycles. The van der Waals surface area contributed by atoms with Crippen LogP contribution in [0.3, 0.4) is 0 Å². The van der Waals surface area contributed by atoms with Gasteiger partial charge in [0.1, 0.15) is 5.82 Å². The number of amides is 1. The van der Waals surface area contributed by atoms with Gasteiger partial charge in [-0.1, -0.05) is 46.9 Å². The summed E-state index contributed by atoms with van der Waals surface area (Å²) in [5, 5.41) is 8.35. The Labute approximate surface area is 202 Å². The van der Waals surface area contributed by atoms with E-state index in [1.807, 2.05) is 43.3 Å². The number of carbonyl (C=O) groups excluding carboxylic acids is 1. The van der Waals surface area contributed by atoms with Crippen molar-refractivity contribution >= 4 is 63.4 Å². The molecule has 1 aliphatic carbocycles. The Morgan fingerprint density at radius 1 is 1.09 bits per heavy atom. The molecule has 2 atom stereocenters. The van der Waals surface area contributed by atoms with Gasteiger partial charge < -0.3 is 15.5 Å². The predicted molar refractivity (Wildman–Crippen MR) is 132 cm³/mol. The van der Waals surface area contributed by atoms with Crippen molar-refractivity contribution in [3.8, 4) is 0 Å². The van der Waals surface area contributed by atoms with E-state index in [-0.39, 0.29) is 27.6 Å². The van der Waals surface area contributed by atoms with Crippen LogP contribution in [0.1, 0.15) is 29.6 Å². The summed E-state index contributed by atoms with van der Waals surface area (Å²) in [4.78, 5) is 24.0. The molecule has 32 heavy (non-hydrogen) atoms. The second-order valence-electron chi connectivity index (χ2n) is 8.26. The fourth-order valence-electron chi connectivity index (χ4n) is 4.12. The molecule has 6 nitrogen and oxygen atoms in total. The molecule has 0 unspecified atom stereocenters. The van der Waals surface area contributed by atoms with Crippen LogP contribution in [0.2, 0.25) is 15.1 Å². The molecule has 0 saturated heterocycles. The Morgan fingerprint density at radius 3 is 2.53 bits per heavy atom. The maximum Gasteiger partial charge on any atom is 0.254 e. The van der Waals surface area contributed by atoms with Crippen LogP contribution in [0.25, 0.3) is 10.9 Å². The number of aromatic nitrogens is 2. The van der Waals surface area contributed by atoms with Gasteiger partial charge in [0.15, 0.2) is 0 Å². The molecule has 1 aliphatic rings. The predicted octanol–water partition coefficient (Wildman–Crippen LogP) is 5.67. The molecule has 0 bridgehead atoms. The Bertz CT molecular complexity index is 1130. The van der Waals surface area contributed by atoms with Crippen LogP contribution >= 0.6 is 34.8 Å². The summed E-state index contributed by atoms with van der Waals surface area (Å²) >= 11 is 18.2. The summed E-state index contributed by atoms with van der Waals surface area (Å²) in [5.74, 6) is 1.56. The van der Waals surface area contributed by atoms with E-state index in [2.05, 4.69) is 15.6 Å². The quantitative estimate of drug-likeness (QED) is 0.464. The van der Waals surface area contributed by atoms with Crippen molar-refractivity contribution in [2.45, 2.75) is 25.3 Å². The van der Waals surface area contributed by atoms with Gasteiger partial charge in [0.25, 0.3) is 5.91 Å². The van der Waals surface area contributed by atoms with Gasteiger partial charge in [-0.15, -0.1) is 0 Å². The van der Waals surface area contributed by atoms with Crippen molar-refractivity contribution in [1.82, 2.24) is 15.3 Å². The molecule has 0 spiro atoms. The minimum Gasteiger partial charge on any atom is -0.362 e. The normalized spacial score (nSPS) is 18.0. The van der Waals surface area contributed by atoms with E-state index in [4.69, 9.17) is 39.8 Å². The Hall–Kier alpha value is -2.28. The molecule has 1 saturated carbocycles. The maximum absolute atomic E-state index is 12.6. The van der Waals surface area contributed by atoms with Crippen molar-refractivity contribution in [3.05, 3.63) is 57.0 Å². The van der Waals surface area contributed by atoms with Gasteiger partial charge in [-0.05, 0) is 49.4 Å². The van der Waals surface area contributed by atoms with Gasteiger partial charge in [-0.3, -0.25) is 4.79 Å². The van der Waals surface area contributed by atoms with E-state index in [0.29, 0.717) is 23.4 Å². The van der Waals surface area contributed by atoms with Gasteiger partial charge >= 0.3 is 0 Å². The number of hydrogen-bond donors (Lipinski definition) is 2. The van der Waals surface area contributed by atoms with Gasteiger partial charge in [0.2, 0.25) is 5.95 Å². The molecule has 1 amide bonds. The van der Waals surface area contributed by atoms with Crippen LogP contribution in [0.15, 0.2) is 36.4 Å². The fourth-order valence-corrected chi connectivity index (χ4v) is 5.11. The monoisotopic (exact) mass is 491 g/mol. The molecule has 1 fully saturated rings. The number of fused-ring (bicyclic) bond motifs is 1. The molecule has 0 aliphatic heterocycles. The minimum atomic E-state index is -0.290. The molecule has 4 rings (SSSR count). The van der Waals surface area contributed by atoms with Gasteiger partial charge in [-0.25, -0.2) is 4.98 Å². The minimum absolute atomic E-state index is 0.246. The standard InChI is InChI=1S/C23H24Cl3N5O/c1-31(2)21-16-5-3-4-6-19(16)29-23(30-21)28-15-8-7-13(9-15)12-27-22(32)20-17(25)10-14(24)11-18(20)26/h3-6,10-11,13,15H,7-9,12H2,1-2H3,(H,27,32)(H,28,29,30)/t13-,15+/m1/s1. The Kier molecular flexibility index (Phi) is 6.93. The number of anilines is 2. The third-order valence-electron chi connectivity index (χ3n) is 5.67. The lowest BCUT2D eigenvalue weighted by atomic mass is 10.1. The summed E-state index contributed by atoms with van der Waals surface area (Å²) in [6, 6.07) is 11.3. The largest absolute Gasteiger partial charge is 0.362 e. The SMILES string of the molecule is CN(C)c1nc(N[C@H]2CC[C@@H](CNC(=O)c3c(Cl)cc(Cl)cc3Cl)C2)nc2ccccc12. The van der Waals surface area contributed by atoms with E-state index >= 15 is 0 Å². The topological polar surface area (TPSA) is 70.2 Å². The molecule has 3 aromatic rings. The van der Waals surface area contributed by atoms with Crippen LogP contribution in [0.5, 0.6) is 0 Å². The Morgan fingerprint density at radius 2 is 1.81 bits per heavy atom. The maximum atomic E-state index is 12.6. The zero-order chi connectivity index (χ0) is 22.8. The van der Waals surface area contributed by atoms with Crippen LogP contribution < -0.4 is 15.5 Å². The van der Waals surface area contributed by atoms with Crippen LogP contribution in [-0.4, -0.2) is 42.6 Å². The van der Waals surface area contributed by atoms with E-state index in [1.54, 1.807) is 0 Å². The number of nitrogens with zero attached hydrogens (tertiary/aromatic N) is 3. The van der Waals surface area contributed by atoms with Crippen molar-refractivity contribution in [2.75, 3.05) is 30.9 Å². The van der Waals surface area contributed by atoms with Crippen LogP contribution in [0, 0.1) is 5.92 Å². The highest BCUT2D eigenvalue weighted by atomic mass is 35.5. The third kappa shape index (κ3) is 5.03. The van der Waals surface area contributed by atoms with E-state index in [9.17, 15) is 4.79 Å². The van der Waals surface area contributed by atoms with Crippen molar-refractivity contribution in [3.63, 3.8) is 0 Å². The number of rotatable bonds is 6. The summed E-state index contributed by atoms with van der Waals surface area (Å²) < 4.78 is 0. The highest BCUT2D eigenvalue weighted by Crippen LogP contribution is 2.31. The van der Waals surface area contributed by atoms with Crippen molar-refractivity contribution in [1.29, 1.82) is 0 Å². The van der Waals surface area contributed by atoms with Crippen molar-refractivity contribution in [2.24, 2.45) is 5.92 Å². The number of benzene rings is 2. The van der Waals surface area contributed by atoms with E-state index in [1.165, 1.54) is 12.1 Å². The first-order valence-electron chi connectivity index (χ1n) is 10.4. The van der Waals surface area contributed by atoms with Crippen LogP contribution in [0.4, 0.5) is 11.8 Å². The molecule has 9 heteroatoms. The van der Waals surface area contributed by atoms with Gasteiger partial charge in [-0.2, -0.15) is 4.98 Å². The smallest absolute Gasteiger partial charge is 0.254 e. The first-order chi connectivity index (χ1) is 15.3. The fraction of sp³-hybridized carbons (Fsp3) is 0.348. The second kappa shape index (κ2) is 9.69. The van der Waals surface area contributed by atoms with Crippen molar-refractivity contribution < 1.29 is 4.79 Å². The molecule has 1 aromatic heterocycles. The van der Waals surface area contributed by atoms with E-state index in [0.717, 1.165) is 36.0 Å². The lowest BCUT2D eigenvalue weighted by molar-refractivity contribution is 0.0947. The summed E-state index contributed by atoms with van der Waals surface area (Å²) in [6.07, 6.45) is 2.89. The first kappa shape index (κ1) is 22.9. The average molecular weight is 493 g/mol. The molecule has 0 radical (unpaired) electrons. The highest BCUT2D eigenvalue weighted by molar-refractivity contribution is 6.42. The zero-order valence-electron chi connectivity index (χ0n) is 17.8. The Balaban J connectivity index is 1.38. The number of carbonyl (C=O) groups is 1. The van der Waals surface area contributed by atoms with E-state index < -0.39 is 0 Å². The molecular formula is C23H24Cl3N5O. The second-order valence-corrected chi connectivity index (χ2v) is 9.51. The lowest BCUT2D eigenvalue weighted by Crippen LogP contribution is -2.29. The number of nitrogens with one attached hydrogen (secondary N) is 2. The first-order valence-corrected chi connectivity index (χ1v) is 11.6. The molecule has 2 aromatic carbocycles. The number of halogens is 3. The van der Waals surface area contributed by atoms with Crippen LogP contribution in [-0.2, 0) is 0 Å². The molecular weight excluding hydrogens is 469 g/mol. The molecule has 2 N–H and O–H groups in total. The number of hydrogen-bond acceptors (Lipinski definition) is 5. The average Bonchev–Trinajstić information content (AvgIpc) is 3.18. The summed E-state index contributed by atoms with van der Waals surface area (Å²) in [7, 11) is 3.96. The third-order valence-corrected chi connectivity index (χ3v) is 6.48. The molecule has 168 valence electrons. The lowest BCUT2D eigenvalue weighted by Gasteiger charge is -2.18. The highest BCUT2D eigenvalue weighted by Gasteiger charge is 2.26. The summed E-state index contributed by atoms with van der Waals surface area (Å²) in [5.41, 5.74) is 1.17. The zero-order valence-corrected chi connectivity index (χ0v) is 20.1. The number of para-hydroxylation sites is 1. The summed E-state index contributed by atoms with van der Waals surface area (Å²) in [6.45, 7) is 0.549.